The number of aromatic amines is 1. The predicted molar refractivity (Wildman–Crippen MR) is 137 cm³/mol. The summed E-state index contributed by atoms with van der Waals surface area (Å²) in [7, 11) is 1.73. The highest BCUT2D eigenvalue weighted by Gasteiger charge is 2.28. The van der Waals surface area contributed by atoms with E-state index in [2.05, 4.69) is 31.9 Å². The Morgan fingerprint density at radius 1 is 1.24 bits per heavy atom. The van der Waals surface area contributed by atoms with E-state index in [0.717, 1.165) is 41.6 Å². The van der Waals surface area contributed by atoms with E-state index in [-0.39, 0.29) is 16.3 Å². The molecular formula is C23H34N6O2S2. The number of nitrogens with one attached hydrogen (secondary N) is 3. The van der Waals surface area contributed by atoms with Crippen molar-refractivity contribution < 1.29 is 4.55 Å². The fourth-order valence-corrected chi connectivity index (χ4v) is 5.25. The minimum Gasteiger partial charge on any atom is -0.598 e. The molecule has 3 aromatic heterocycles. The maximum absolute atomic E-state index is 12.9. The zero-order valence-corrected chi connectivity index (χ0v) is 21.6. The molecule has 0 saturated carbocycles. The summed E-state index contributed by atoms with van der Waals surface area (Å²) in [4.78, 5) is 26.3. The number of pyridine rings is 1. The van der Waals surface area contributed by atoms with Crippen molar-refractivity contribution in [3.8, 4) is 0 Å². The van der Waals surface area contributed by atoms with Crippen molar-refractivity contribution in [1.82, 2.24) is 24.2 Å². The molecule has 3 rings (SSSR count). The van der Waals surface area contributed by atoms with Gasteiger partial charge in [0.15, 0.2) is 0 Å². The topological polar surface area (TPSA) is 111 Å². The molecule has 0 amide bonds. The molecule has 1 unspecified atom stereocenters. The van der Waals surface area contributed by atoms with Gasteiger partial charge < -0.3 is 14.9 Å². The van der Waals surface area contributed by atoms with Gasteiger partial charge in [0.1, 0.15) is 10.4 Å². The first-order valence-electron chi connectivity index (χ1n) is 11.3. The normalized spacial score (nSPS) is 13.9. The highest BCUT2D eigenvalue weighted by atomic mass is 32.2. The number of anilines is 1. The SMILES string of the molecule is CCC[C@H](CCCNc1ncc(Sc2ccnc3[nH]ccc23)c(=O)n1C)N[S+]([O-])C(C)(C)C. The summed E-state index contributed by atoms with van der Waals surface area (Å²) in [5, 5.41) is 4.26. The molecule has 8 nitrogen and oxygen atoms in total. The molecule has 10 heteroatoms. The van der Waals surface area contributed by atoms with Crippen LogP contribution in [0.2, 0.25) is 0 Å². The van der Waals surface area contributed by atoms with Gasteiger partial charge in [0.2, 0.25) is 5.95 Å². The van der Waals surface area contributed by atoms with Crippen LogP contribution in [0.15, 0.2) is 45.3 Å². The Bertz CT molecular complexity index is 1110. The van der Waals surface area contributed by atoms with Crippen LogP contribution in [0.25, 0.3) is 11.0 Å². The molecule has 0 aliphatic rings. The summed E-state index contributed by atoms with van der Waals surface area (Å²) in [5.41, 5.74) is 0.703. The molecule has 33 heavy (non-hydrogen) atoms. The largest absolute Gasteiger partial charge is 0.598 e. The van der Waals surface area contributed by atoms with Gasteiger partial charge in [-0.15, -0.1) is 4.72 Å². The van der Waals surface area contributed by atoms with E-state index in [4.69, 9.17) is 0 Å². The third-order valence-corrected chi connectivity index (χ3v) is 7.99. The van der Waals surface area contributed by atoms with E-state index in [1.165, 1.54) is 11.8 Å². The molecule has 0 saturated heterocycles. The summed E-state index contributed by atoms with van der Waals surface area (Å²) in [5.74, 6) is 0.545. The number of rotatable bonds is 11. The second-order valence-electron chi connectivity index (χ2n) is 9.01. The summed E-state index contributed by atoms with van der Waals surface area (Å²) in [6.07, 6.45) is 9.00. The van der Waals surface area contributed by atoms with Gasteiger partial charge in [-0.3, -0.25) is 9.36 Å². The molecule has 3 heterocycles. The van der Waals surface area contributed by atoms with E-state index < -0.39 is 11.4 Å². The molecule has 2 atom stereocenters. The maximum atomic E-state index is 12.9. The first-order valence-corrected chi connectivity index (χ1v) is 13.2. The van der Waals surface area contributed by atoms with Crippen molar-refractivity contribution in [3.63, 3.8) is 0 Å². The lowest BCUT2D eigenvalue weighted by Crippen LogP contribution is -2.44. The van der Waals surface area contributed by atoms with Gasteiger partial charge in [0.05, 0.1) is 17.1 Å². The monoisotopic (exact) mass is 490 g/mol. The number of hydrogen-bond donors (Lipinski definition) is 3. The van der Waals surface area contributed by atoms with Crippen LogP contribution in [0.4, 0.5) is 5.95 Å². The minimum atomic E-state index is -1.08. The summed E-state index contributed by atoms with van der Waals surface area (Å²) in [6, 6.07) is 4.06. The van der Waals surface area contributed by atoms with Crippen LogP contribution in [0, 0.1) is 0 Å². The van der Waals surface area contributed by atoms with Gasteiger partial charge in [-0.05, 0) is 52.2 Å². The molecule has 3 N–H and O–H groups in total. The van der Waals surface area contributed by atoms with Crippen molar-refractivity contribution in [2.24, 2.45) is 7.05 Å². The van der Waals surface area contributed by atoms with Crippen molar-refractivity contribution in [2.75, 3.05) is 11.9 Å². The predicted octanol–water partition coefficient (Wildman–Crippen LogP) is 4.22. The first kappa shape index (κ1) is 25.6. The van der Waals surface area contributed by atoms with Crippen LogP contribution >= 0.6 is 11.8 Å². The van der Waals surface area contributed by atoms with Crippen LogP contribution in [-0.4, -0.2) is 41.4 Å². The van der Waals surface area contributed by atoms with Crippen LogP contribution < -0.4 is 15.6 Å². The molecule has 180 valence electrons. The average molecular weight is 491 g/mol. The van der Waals surface area contributed by atoms with Crippen LogP contribution in [0.5, 0.6) is 0 Å². The molecule has 0 spiro atoms. The summed E-state index contributed by atoms with van der Waals surface area (Å²) in [6.45, 7) is 8.75. The van der Waals surface area contributed by atoms with Gasteiger partial charge in [-0.1, -0.05) is 25.1 Å². The third kappa shape index (κ3) is 6.75. The van der Waals surface area contributed by atoms with E-state index in [1.54, 1.807) is 24.0 Å². The van der Waals surface area contributed by atoms with Crippen molar-refractivity contribution >= 4 is 40.1 Å². The fourth-order valence-electron chi connectivity index (χ4n) is 3.39. The fraction of sp³-hybridized carbons (Fsp3) is 0.522. The highest BCUT2D eigenvalue weighted by molar-refractivity contribution is 7.99. The Balaban J connectivity index is 1.58. The third-order valence-electron chi connectivity index (χ3n) is 5.26. The molecular weight excluding hydrogens is 456 g/mol. The van der Waals surface area contributed by atoms with Crippen LogP contribution in [0.3, 0.4) is 0 Å². The second-order valence-corrected chi connectivity index (χ2v) is 12.1. The maximum Gasteiger partial charge on any atom is 0.268 e. The first-order chi connectivity index (χ1) is 15.7. The molecule has 0 aliphatic carbocycles. The summed E-state index contributed by atoms with van der Waals surface area (Å²) < 4.78 is 17.0. The number of hydrogen-bond acceptors (Lipinski definition) is 7. The Morgan fingerprint density at radius 2 is 2.03 bits per heavy atom. The van der Waals surface area contributed by atoms with Crippen molar-refractivity contribution in [3.05, 3.63) is 41.1 Å². The standard InChI is InChI=1S/C23H34N6O2S2/c1-6-8-16(28-33(31)23(2,3)4)9-7-12-26-22-27-15-19(21(30)29(22)5)32-18-11-14-25-20-17(18)10-13-24-20/h10-11,13-16,28H,6-9,12H2,1-5H3,(H,24,25)(H,26,27)/t16-,33?/m1/s1. The van der Waals surface area contributed by atoms with E-state index in [9.17, 15) is 9.35 Å². The van der Waals surface area contributed by atoms with Crippen LogP contribution in [0.1, 0.15) is 53.4 Å². The summed E-state index contributed by atoms with van der Waals surface area (Å²) >= 11 is 0.316. The molecule has 0 aliphatic heterocycles. The lowest BCUT2D eigenvalue weighted by atomic mass is 10.1. The minimum absolute atomic E-state index is 0.0934. The highest BCUT2D eigenvalue weighted by Crippen LogP contribution is 2.30. The number of aromatic nitrogens is 4. The molecule has 0 radical (unpaired) electrons. The zero-order chi connectivity index (χ0) is 24.0. The Hall–Kier alpha value is -2.01. The Kier molecular flexibility index (Phi) is 8.86. The van der Waals surface area contributed by atoms with Gasteiger partial charge in [-0.25, -0.2) is 9.97 Å². The van der Waals surface area contributed by atoms with E-state index in [0.29, 0.717) is 17.4 Å². The lowest BCUT2D eigenvalue weighted by Gasteiger charge is -2.28. The smallest absolute Gasteiger partial charge is 0.268 e. The van der Waals surface area contributed by atoms with Crippen molar-refractivity contribution in [1.29, 1.82) is 0 Å². The van der Waals surface area contributed by atoms with Crippen molar-refractivity contribution in [2.45, 2.75) is 74.0 Å². The quantitative estimate of drug-likeness (QED) is 0.273. The van der Waals surface area contributed by atoms with Crippen LogP contribution in [-0.2, 0) is 18.4 Å². The zero-order valence-electron chi connectivity index (χ0n) is 20.0. The molecule has 0 aromatic carbocycles. The van der Waals surface area contributed by atoms with Gasteiger partial charge in [0.25, 0.3) is 5.56 Å². The molecule has 0 fully saturated rings. The van der Waals surface area contributed by atoms with E-state index in [1.807, 2.05) is 39.1 Å². The van der Waals surface area contributed by atoms with Gasteiger partial charge in [0, 0.05) is 47.6 Å². The Morgan fingerprint density at radius 3 is 2.76 bits per heavy atom. The second kappa shape index (κ2) is 11.4. The number of nitrogens with zero attached hydrogens (tertiary/aromatic N) is 3. The van der Waals surface area contributed by atoms with E-state index >= 15 is 0 Å². The molecule has 0 bridgehead atoms. The lowest BCUT2D eigenvalue weighted by molar-refractivity contribution is 0.475. The molecule has 3 aromatic rings. The number of fused-ring (bicyclic) bond motifs is 1. The Labute approximate surface area is 202 Å². The van der Waals surface area contributed by atoms with Gasteiger partial charge in [-0.2, -0.15) is 0 Å². The average Bonchev–Trinajstić information content (AvgIpc) is 3.25. The van der Waals surface area contributed by atoms with Gasteiger partial charge >= 0.3 is 0 Å². The number of H-pyrrole nitrogens is 1.